The van der Waals surface area contributed by atoms with Crippen molar-refractivity contribution in [2.75, 3.05) is 0 Å². The molecule has 2 nitrogen and oxygen atoms in total. The molecule has 0 aromatic carbocycles. The molecule has 0 saturated heterocycles. The van der Waals surface area contributed by atoms with Gasteiger partial charge < -0.3 is 5.73 Å². The Morgan fingerprint density at radius 1 is 1.62 bits per heavy atom. The molecule has 0 aliphatic heterocycles. The van der Waals surface area contributed by atoms with Crippen LogP contribution in [0.4, 0.5) is 0 Å². The van der Waals surface area contributed by atoms with Crippen LogP contribution in [0.15, 0.2) is 0 Å². The molecule has 0 atom stereocenters. The van der Waals surface area contributed by atoms with Crippen LogP contribution in [0.1, 0.15) is 20.8 Å². The van der Waals surface area contributed by atoms with Gasteiger partial charge in [-0.05, 0) is 6.42 Å². The fourth-order valence-electron chi connectivity index (χ4n) is 0.142. The number of hydrogen-bond acceptors (Lipinski definition) is 1. The first kappa shape index (κ1) is 7.47. The van der Waals surface area contributed by atoms with Crippen molar-refractivity contribution >= 4 is 5.91 Å². The maximum absolute atomic E-state index is 10.4. The molecule has 1 amide bonds. The number of amides is 1. The number of rotatable bonds is 2. The summed E-state index contributed by atoms with van der Waals surface area (Å²) in [6, 6.07) is 0. The summed E-state index contributed by atoms with van der Waals surface area (Å²) in [5.74, 6) is -0.278. The fourth-order valence-corrected chi connectivity index (χ4v) is 0.142. The Morgan fingerprint density at radius 3 is 2.00 bits per heavy atom. The Morgan fingerprint density at radius 2 is 2.00 bits per heavy atom. The van der Waals surface area contributed by atoms with Gasteiger partial charge in [0.1, 0.15) is 0 Å². The van der Waals surface area contributed by atoms with Gasteiger partial charge in [-0.2, -0.15) is 0 Å². The average molecular weight is 114 g/mol. The molecule has 0 aliphatic rings. The zero-order valence-electron chi connectivity index (χ0n) is 5.56. The van der Waals surface area contributed by atoms with Crippen molar-refractivity contribution in [1.29, 1.82) is 0 Å². The maximum Gasteiger partial charge on any atom is 0.223 e. The topological polar surface area (TPSA) is 43.1 Å². The summed E-state index contributed by atoms with van der Waals surface area (Å²) in [7, 11) is 0. The van der Waals surface area contributed by atoms with E-state index in [2.05, 4.69) is 0 Å². The molecule has 0 bridgehead atoms. The molecule has 1 radical (unpaired) electrons. The van der Waals surface area contributed by atoms with Crippen LogP contribution in [0.2, 0.25) is 0 Å². The van der Waals surface area contributed by atoms with Gasteiger partial charge in [0, 0.05) is 5.41 Å². The second-order valence-electron chi connectivity index (χ2n) is 2.37. The summed E-state index contributed by atoms with van der Waals surface area (Å²) in [6.45, 7) is 5.40. The summed E-state index contributed by atoms with van der Waals surface area (Å²) < 4.78 is 0. The monoisotopic (exact) mass is 114 g/mol. The minimum Gasteiger partial charge on any atom is -0.369 e. The maximum atomic E-state index is 10.4. The highest BCUT2D eigenvalue weighted by molar-refractivity contribution is 5.81. The fraction of sp³-hybridized carbons (Fsp3) is 0.667. The van der Waals surface area contributed by atoms with Crippen LogP contribution in [0.3, 0.4) is 0 Å². The van der Waals surface area contributed by atoms with Crippen LogP contribution in [-0.2, 0) is 4.79 Å². The number of carbonyl (C=O) groups excluding carboxylic acids is 1. The summed E-state index contributed by atoms with van der Waals surface area (Å²) in [5, 5.41) is 0. The van der Waals surface area contributed by atoms with E-state index in [4.69, 9.17) is 5.73 Å². The third kappa shape index (κ3) is 1.52. The summed E-state index contributed by atoms with van der Waals surface area (Å²) >= 11 is 0. The normalized spacial score (nSPS) is 11.4. The zero-order chi connectivity index (χ0) is 6.78. The van der Waals surface area contributed by atoms with Crippen molar-refractivity contribution in [1.82, 2.24) is 0 Å². The molecule has 0 saturated carbocycles. The van der Waals surface area contributed by atoms with Crippen LogP contribution in [0.25, 0.3) is 0 Å². The Balaban J connectivity index is 3.91. The van der Waals surface area contributed by atoms with Crippen LogP contribution >= 0.6 is 0 Å². The minimum atomic E-state index is -0.444. The molecule has 47 valence electrons. The van der Waals surface area contributed by atoms with Gasteiger partial charge in [0.05, 0.1) is 0 Å². The van der Waals surface area contributed by atoms with E-state index < -0.39 is 5.41 Å². The molecule has 0 heterocycles. The second-order valence-corrected chi connectivity index (χ2v) is 2.37. The first-order valence-electron chi connectivity index (χ1n) is 2.61. The van der Waals surface area contributed by atoms with Gasteiger partial charge in [0.25, 0.3) is 0 Å². The largest absolute Gasteiger partial charge is 0.369 e. The lowest BCUT2D eigenvalue weighted by atomic mass is 9.90. The Kier molecular flexibility index (Phi) is 2.02. The smallest absolute Gasteiger partial charge is 0.223 e. The molecule has 0 aliphatic carbocycles. The van der Waals surface area contributed by atoms with E-state index >= 15 is 0 Å². The second kappa shape index (κ2) is 2.16. The standard InChI is InChI=1S/C6H12NO/c1-4-6(2,3)5(7)8/h4H,1-3H3,(H2,7,8). The van der Waals surface area contributed by atoms with E-state index in [0.717, 1.165) is 0 Å². The molecule has 2 N–H and O–H groups in total. The van der Waals surface area contributed by atoms with Gasteiger partial charge >= 0.3 is 0 Å². The summed E-state index contributed by atoms with van der Waals surface area (Å²) in [5.41, 5.74) is 4.57. The number of hydrogen-bond donors (Lipinski definition) is 1. The molecule has 2 heteroatoms. The van der Waals surface area contributed by atoms with Crippen molar-refractivity contribution in [3.05, 3.63) is 6.42 Å². The Bertz CT molecular complexity index is 96.7. The highest BCUT2D eigenvalue weighted by Crippen LogP contribution is 2.16. The van der Waals surface area contributed by atoms with Gasteiger partial charge in [-0.1, -0.05) is 20.8 Å². The Hall–Kier alpha value is -0.530. The lowest BCUT2D eigenvalue weighted by Gasteiger charge is -2.15. The number of primary amides is 1. The lowest BCUT2D eigenvalue weighted by Crippen LogP contribution is -2.30. The van der Waals surface area contributed by atoms with Gasteiger partial charge in [-0.25, -0.2) is 0 Å². The predicted octanol–water partition coefficient (Wildman–Crippen LogP) is 0.722. The van der Waals surface area contributed by atoms with E-state index in [9.17, 15) is 4.79 Å². The van der Waals surface area contributed by atoms with E-state index in [1.165, 1.54) is 0 Å². The van der Waals surface area contributed by atoms with Crippen molar-refractivity contribution < 1.29 is 4.79 Å². The third-order valence-corrected chi connectivity index (χ3v) is 1.36. The Labute approximate surface area is 50.1 Å². The van der Waals surface area contributed by atoms with Gasteiger partial charge in [-0.15, -0.1) is 0 Å². The average Bonchev–Trinajstić information content (AvgIpc) is 1.67. The van der Waals surface area contributed by atoms with E-state index in [1.807, 2.05) is 6.92 Å². The third-order valence-electron chi connectivity index (χ3n) is 1.36. The van der Waals surface area contributed by atoms with Gasteiger partial charge in [-0.3, -0.25) is 4.79 Å². The highest BCUT2D eigenvalue weighted by atomic mass is 16.1. The molecule has 0 unspecified atom stereocenters. The number of carbonyl (C=O) groups is 1. The number of nitrogens with two attached hydrogens (primary N) is 1. The van der Waals surface area contributed by atoms with Crippen molar-refractivity contribution in [3.8, 4) is 0 Å². The van der Waals surface area contributed by atoms with Crippen LogP contribution in [0.5, 0.6) is 0 Å². The molecule has 0 aromatic heterocycles. The molecular formula is C6H12NO. The first-order chi connectivity index (χ1) is 3.50. The van der Waals surface area contributed by atoms with Crippen molar-refractivity contribution in [3.63, 3.8) is 0 Å². The van der Waals surface area contributed by atoms with Crippen molar-refractivity contribution in [2.45, 2.75) is 20.8 Å². The van der Waals surface area contributed by atoms with E-state index in [0.29, 0.717) is 0 Å². The van der Waals surface area contributed by atoms with Gasteiger partial charge in [0.15, 0.2) is 0 Å². The van der Waals surface area contributed by atoms with Crippen LogP contribution < -0.4 is 5.73 Å². The molecule has 0 aromatic rings. The lowest BCUT2D eigenvalue weighted by molar-refractivity contribution is -0.124. The minimum absolute atomic E-state index is 0.278. The quantitative estimate of drug-likeness (QED) is 0.564. The summed E-state index contributed by atoms with van der Waals surface area (Å²) in [4.78, 5) is 10.4. The van der Waals surface area contributed by atoms with Gasteiger partial charge in [0.2, 0.25) is 5.91 Å². The predicted molar refractivity (Wildman–Crippen MR) is 32.9 cm³/mol. The molecule has 0 fully saturated rings. The molecule has 0 spiro atoms. The van der Waals surface area contributed by atoms with Crippen LogP contribution in [-0.4, -0.2) is 5.91 Å². The molecule has 8 heavy (non-hydrogen) atoms. The van der Waals surface area contributed by atoms with E-state index in [-0.39, 0.29) is 5.91 Å². The summed E-state index contributed by atoms with van der Waals surface area (Å²) in [6.07, 6.45) is 1.79. The zero-order valence-corrected chi connectivity index (χ0v) is 5.56. The molecular weight excluding hydrogens is 102 g/mol. The first-order valence-corrected chi connectivity index (χ1v) is 2.61. The molecule has 0 rings (SSSR count). The van der Waals surface area contributed by atoms with Crippen LogP contribution in [0, 0.1) is 11.8 Å². The van der Waals surface area contributed by atoms with Crippen molar-refractivity contribution in [2.24, 2.45) is 11.1 Å². The highest BCUT2D eigenvalue weighted by Gasteiger charge is 2.21. The van der Waals surface area contributed by atoms with E-state index in [1.54, 1.807) is 20.3 Å². The SMILES string of the molecule is C[CH]C(C)(C)C(N)=O.